The standard InChI is InChI=1S/C26H24N2O3/c1-3-31-26(30)21-9-5-6-10-22(21)27-25(29)24-16-20-8-4-7-11-23(20)28(24)17-19-14-12-18(2)13-15-19/h4-16H,3,17H2,1-2H3,(H,27,29). The SMILES string of the molecule is CCOC(=O)c1ccccc1NC(=O)c1cc2ccccc2n1Cc1ccc(C)cc1. The van der Waals surface area contributed by atoms with Crippen LogP contribution in [0.5, 0.6) is 0 Å². The Hall–Kier alpha value is -3.86. The summed E-state index contributed by atoms with van der Waals surface area (Å²) in [4.78, 5) is 25.6. The molecule has 0 spiro atoms. The van der Waals surface area contributed by atoms with Gasteiger partial charge in [-0.3, -0.25) is 4.79 Å². The van der Waals surface area contributed by atoms with Crippen molar-refractivity contribution in [2.75, 3.05) is 11.9 Å². The van der Waals surface area contributed by atoms with E-state index in [2.05, 4.69) is 36.5 Å². The van der Waals surface area contributed by atoms with Crippen molar-refractivity contribution in [3.8, 4) is 0 Å². The molecule has 4 aromatic rings. The molecule has 3 aromatic carbocycles. The number of esters is 1. The Morgan fingerprint density at radius 2 is 1.65 bits per heavy atom. The quantitative estimate of drug-likeness (QED) is 0.430. The van der Waals surface area contributed by atoms with Gasteiger partial charge in [-0.2, -0.15) is 0 Å². The highest BCUT2D eigenvalue weighted by molar-refractivity contribution is 6.09. The van der Waals surface area contributed by atoms with Crippen LogP contribution in [-0.2, 0) is 11.3 Å². The summed E-state index contributed by atoms with van der Waals surface area (Å²) in [6.45, 7) is 4.64. The van der Waals surface area contributed by atoms with Gasteiger partial charge >= 0.3 is 5.97 Å². The fourth-order valence-electron chi connectivity index (χ4n) is 3.61. The molecule has 0 aliphatic heterocycles. The number of fused-ring (bicyclic) bond motifs is 1. The van der Waals surface area contributed by atoms with Crippen LogP contribution in [0.25, 0.3) is 10.9 Å². The van der Waals surface area contributed by atoms with Gasteiger partial charge in [0, 0.05) is 17.4 Å². The summed E-state index contributed by atoms with van der Waals surface area (Å²) in [6.07, 6.45) is 0. The van der Waals surface area contributed by atoms with Crippen LogP contribution in [-0.4, -0.2) is 23.1 Å². The minimum Gasteiger partial charge on any atom is -0.462 e. The number of ether oxygens (including phenoxy) is 1. The Labute approximate surface area is 181 Å². The molecule has 0 aliphatic carbocycles. The molecule has 0 aliphatic rings. The second-order valence-electron chi connectivity index (χ2n) is 7.38. The third-order valence-electron chi connectivity index (χ3n) is 5.18. The number of benzene rings is 3. The summed E-state index contributed by atoms with van der Waals surface area (Å²) in [6, 6.07) is 24.9. The highest BCUT2D eigenvalue weighted by Gasteiger charge is 2.19. The molecule has 0 saturated carbocycles. The van der Waals surface area contributed by atoms with Crippen LogP contribution < -0.4 is 5.32 Å². The van der Waals surface area contributed by atoms with Crippen molar-refractivity contribution in [2.45, 2.75) is 20.4 Å². The first-order valence-corrected chi connectivity index (χ1v) is 10.3. The number of nitrogens with zero attached hydrogens (tertiary/aromatic N) is 1. The van der Waals surface area contributed by atoms with Crippen LogP contribution in [0.2, 0.25) is 0 Å². The van der Waals surface area contributed by atoms with Crippen molar-refractivity contribution in [3.05, 3.63) is 101 Å². The molecule has 156 valence electrons. The summed E-state index contributed by atoms with van der Waals surface area (Å²) in [7, 11) is 0. The van der Waals surface area contributed by atoms with Gasteiger partial charge in [0.2, 0.25) is 0 Å². The van der Waals surface area contributed by atoms with Gasteiger partial charge in [-0.25, -0.2) is 4.79 Å². The second kappa shape index (κ2) is 8.88. The molecular formula is C26H24N2O3. The monoisotopic (exact) mass is 412 g/mol. The summed E-state index contributed by atoms with van der Waals surface area (Å²) in [5.41, 5.74) is 4.56. The molecule has 0 bridgehead atoms. The largest absolute Gasteiger partial charge is 0.462 e. The number of amides is 1. The number of anilines is 1. The fourth-order valence-corrected chi connectivity index (χ4v) is 3.61. The number of nitrogens with one attached hydrogen (secondary N) is 1. The van der Waals surface area contributed by atoms with Crippen LogP contribution in [0, 0.1) is 6.92 Å². The Balaban J connectivity index is 1.70. The maximum Gasteiger partial charge on any atom is 0.340 e. The predicted octanol–water partition coefficient (Wildman–Crippen LogP) is 5.43. The Morgan fingerprint density at radius 1 is 0.935 bits per heavy atom. The van der Waals surface area contributed by atoms with E-state index in [0.29, 0.717) is 23.5 Å². The number of hydrogen-bond acceptors (Lipinski definition) is 3. The highest BCUT2D eigenvalue weighted by Crippen LogP contribution is 2.24. The molecule has 0 saturated heterocycles. The molecule has 1 N–H and O–H groups in total. The van der Waals surface area contributed by atoms with E-state index in [4.69, 9.17) is 4.74 Å². The molecule has 31 heavy (non-hydrogen) atoms. The summed E-state index contributed by atoms with van der Waals surface area (Å²) in [5, 5.41) is 3.89. The average molecular weight is 412 g/mol. The number of para-hydroxylation sites is 2. The van der Waals surface area contributed by atoms with E-state index >= 15 is 0 Å². The number of hydrogen-bond donors (Lipinski definition) is 1. The number of carbonyl (C=O) groups excluding carboxylic acids is 2. The van der Waals surface area contributed by atoms with Gasteiger partial charge < -0.3 is 14.6 Å². The lowest BCUT2D eigenvalue weighted by atomic mass is 10.1. The van der Waals surface area contributed by atoms with Crippen molar-refractivity contribution in [1.82, 2.24) is 4.57 Å². The Kier molecular flexibility index (Phi) is 5.85. The number of aryl methyl sites for hydroxylation is 1. The molecule has 1 heterocycles. The lowest BCUT2D eigenvalue weighted by Crippen LogP contribution is -2.19. The molecule has 4 rings (SSSR count). The highest BCUT2D eigenvalue weighted by atomic mass is 16.5. The number of carbonyl (C=O) groups is 2. The molecule has 1 amide bonds. The normalized spacial score (nSPS) is 10.8. The van der Waals surface area contributed by atoms with Crippen LogP contribution in [0.3, 0.4) is 0 Å². The number of rotatable bonds is 6. The molecule has 0 atom stereocenters. The van der Waals surface area contributed by atoms with Gasteiger partial charge in [0.1, 0.15) is 5.69 Å². The van der Waals surface area contributed by atoms with Crippen molar-refractivity contribution in [2.24, 2.45) is 0 Å². The van der Waals surface area contributed by atoms with Gasteiger partial charge in [-0.05, 0) is 43.7 Å². The van der Waals surface area contributed by atoms with Gasteiger partial charge in [0.05, 0.1) is 17.9 Å². The van der Waals surface area contributed by atoms with E-state index < -0.39 is 5.97 Å². The zero-order valence-electron chi connectivity index (χ0n) is 17.6. The van der Waals surface area contributed by atoms with Crippen molar-refractivity contribution < 1.29 is 14.3 Å². The van der Waals surface area contributed by atoms with E-state index in [9.17, 15) is 9.59 Å². The molecule has 5 heteroatoms. The van der Waals surface area contributed by atoms with Gasteiger partial charge in [0.15, 0.2) is 0 Å². The third kappa shape index (κ3) is 4.36. The van der Waals surface area contributed by atoms with Gasteiger partial charge in [-0.15, -0.1) is 0 Å². The van der Waals surface area contributed by atoms with E-state index in [1.54, 1.807) is 31.2 Å². The second-order valence-corrected chi connectivity index (χ2v) is 7.38. The summed E-state index contributed by atoms with van der Waals surface area (Å²) in [5.74, 6) is -0.737. The zero-order chi connectivity index (χ0) is 21.8. The molecule has 0 unspecified atom stereocenters. The maximum atomic E-state index is 13.3. The summed E-state index contributed by atoms with van der Waals surface area (Å²) < 4.78 is 7.12. The fraction of sp³-hybridized carbons (Fsp3) is 0.154. The lowest BCUT2D eigenvalue weighted by Gasteiger charge is -2.13. The smallest absolute Gasteiger partial charge is 0.340 e. The summed E-state index contributed by atoms with van der Waals surface area (Å²) >= 11 is 0. The predicted molar refractivity (Wildman–Crippen MR) is 123 cm³/mol. The van der Waals surface area contributed by atoms with Crippen LogP contribution in [0.15, 0.2) is 78.9 Å². The van der Waals surface area contributed by atoms with Crippen LogP contribution in [0.4, 0.5) is 5.69 Å². The first kappa shape index (κ1) is 20.4. The van der Waals surface area contributed by atoms with E-state index in [1.807, 2.05) is 34.9 Å². The van der Waals surface area contributed by atoms with Gasteiger partial charge in [0.25, 0.3) is 5.91 Å². The van der Waals surface area contributed by atoms with Crippen molar-refractivity contribution in [1.29, 1.82) is 0 Å². The number of aromatic nitrogens is 1. The average Bonchev–Trinajstić information content (AvgIpc) is 3.14. The zero-order valence-corrected chi connectivity index (χ0v) is 17.6. The van der Waals surface area contributed by atoms with E-state index in [-0.39, 0.29) is 12.5 Å². The molecule has 0 fully saturated rings. The van der Waals surface area contributed by atoms with Crippen LogP contribution in [0.1, 0.15) is 38.9 Å². The molecular weight excluding hydrogens is 388 g/mol. The van der Waals surface area contributed by atoms with Crippen molar-refractivity contribution >= 4 is 28.5 Å². The molecule has 0 radical (unpaired) electrons. The Bertz CT molecular complexity index is 1240. The first-order chi connectivity index (χ1) is 15.1. The minimum absolute atomic E-state index is 0.270. The topological polar surface area (TPSA) is 60.3 Å². The third-order valence-corrected chi connectivity index (χ3v) is 5.18. The van der Waals surface area contributed by atoms with Gasteiger partial charge in [-0.1, -0.05) is 60.2 Å². The van der Waals surface area contributed by atoms with Crippen molar-refractivity contribution in [3.63, 3.8) is 0 Å². The first-order valence-electron chi connectivity index (χ1n) is 10.3. The van der Waals surface area contributed by atoms with Crippen LogP contribution >= 0.6 is 0 Å². The molecule has 1 aromatic heterocycles. The van der Waals surface area contributed by atoms with E-state index in [1.165, 1.54) is 5.56 Å². The lowest BCUT2D eigenvalue weighted by molar-refractivity contribution is 0.0527. The van der Waals surface area contributed by atoms with E-state index in [0.717, 1.165) is 16.5 Å². The minimum atomic E-state index is -0.460. The maximum absolute atomic E-state index is 13.3. The Morgan fingerprint density at radius 3 is 2.42 bits per heavy atom. The molecule has 5 nitrogen and oxygen atoms in total.